The van der Waals surface area contributed by atoms with Crippen molar-refractivity contribution in [2.24, 2.45) is 0 Å². The molecule has 3 heteroatoms. The third-order valence-corrected chi connectivity index (χ3v) is 5.40. The quantitative estimate of drug-likeness (QED) is 0.823. The number of benzene rings is 2. The first-order valence-electron chi connectivity index (χ1n) is 8.22. The van der Waals surface area contributed by atoms with E-state index in [1.54, 1.807) is 11.8 Å². The van der Waals surface area contributed by atoms with Gasteiger partial charge in [-0.3, -0.25) is 4.79 Å². The number of hydrogen-bond donors (Lipinski definition) is 1. The lowest BCUT2D eigenvalue weighted by Gasteiger charge is -2.15. The van der Waals surface area contributed by atoms with Gasteiger partial charge in [0, 0.05) is 4.90 Å². The van der Waals surface area contributed by atoms with Crippen LogP contribution in [0.1, 0.15) is 41.6 Å². The molecule has 2 aromatic rings. The minimum atomic E-state index is 0.0621. The Balaban J connectivity index is 1.54. The predicted octanol–water partition coefficient (Wildman–Crippen LogP) is 4.45. The van der Waals surface area contributed by atoms with Gasteiger partial charge in [0.15, 0.2) is 0 Å². The van der Waals surface area contributed by atoms with E-state index in [1.807, 2.05) is 0 Å². The van der Waals surface area contributed by atoms with Crippen LogP contribution in [-0.2, 0) is 17.6 Å². The van der Waals surface area contributed by atoms with Crippen molar-refractivity contribution < 1.29 is 4.79 Å². The predicted molar refractivity (Wildman–Crippen MR) is 96.9 cm³/mol. The Labute approximate surface area is 142 Å². The van der Waals surface area contributed by atoms with Crippen molar-refractivity contribution in [1.82, 2.24) is 5.32 Å². The molecule has 0 heterocycles. The molecule has 2 aromatic carbocycles. The van der Waals surface area contributed by atoms with E-state index in [2.05, 4.69) is 61.6 Å². The van der Waals surface area contributed by atoms with Crippen LogP contribution in [0.2, 0.25) is 0 Å². The van der Waals surface area contributed by atoms with Crippen LogP contribution in [0, 0.1) is 6.92 Å². The number of fused-ring (bicyclic) bond motifs is 1. The summed E-state index contributed by atoms with van der Waals surface area (Å²) in [5.41, 5.74) is 5.38. The fourth-order valence-corrected chi connectivity index (χ4v) is 3.72. The second-order valence-corrected chi connectivity index (χ2v) is 7.32. The van der Waals surface area contributed by atoms with E-state index in [9.17, 15) is 4.79 Å². The summed E-state index contributed by atoms with van der Waals surface area (Å²) in [6.45, 7) is 4.13. The molecule has 0 saturated heterocycles. The third kappa shape index (κ3) is 4.17. The van der Waals surface area contributed by atoms with Crippen molar-refractivity contribution in [3.63, 3.8) is 0 Å². The van der Waals surface area contributed by atoms with Crippen molar-refractivity contribution >= 4 is 17.7 Å². The van der Waals surface area contributed by atoms with Gasteiger partial charge in [-0.25, -0.2) is 0 Å². The van der Waals surface area contributed by atoms with Crippen molar-refractivity contribution in [3.05, 3.63) is 64.7 Å². The van der Waals surface area contributed by atoms with E-state index in [0.29, 0.717) is 5.75 Å². The topological polar surface area (TPSA) is 29.1 Å². The number of amides is 1. The van der Waals surface area contributed by atoms with Gasteiger partial charge < -0.3 is 5.32 Å². The summed E-state index contributed by atoms with van der Waals surface area (Å²) >= 11 is 1.58. The zero-order chi connectivity index (χ0) is 16.2. The molecule has 23 heavy (non-hydrogen) atoms. The number of carbonyl (C=O) groups is 1. The Morgan fingerprint density at radius 1 is 1.13 bits per heavy atom. The largest absolute Gasteiger partial charge is 0.349 e. The molecule has 0 radical (unpaired) electrons. The fraction of sp³-hybridized carbons (Fsp3) is 0.350. The zero-order valence-corrected chi connectivity index (χ0v) is 14.6. The van der Waals surface area contributed by atoms with Crippen molar-refractivity contribution in [2.75, 3.05) is 5.75 Å². The molecule has 1 N–H and O–H groups in total. The van der Waals surface area contributed by atoms with Gasteiger partial charge in [0.1, 0.15) is 0 Å². The first-order valence-corrected chi connectivity index (χ1v) is 9.21. The SMILES string of the molecule is Cc1ccc(SCC(=O)N[C@H](C)c2ccc3c(c2)CCC3)cc1. The monoisotopic (exact) mass is 325 g/mol. The highest BCUT2D eigenvalue weighted by atomic mass is 32.2. The summed E-state index contributed by atoms with van der Waals surface area (Å²) in [5.74, 6) is 0.543. The van der Waals surface area contributed by atoms with E-state index in [-0.39, 0.29) is 11.9 Å². The van der Waals surface area contributed by atoms with E-state index in [4.69, 9.17) is 0 Å². The normalized spacial score (nSPS) is 14.3. The number of hydrogen-bond acceptors (Lipinski definition) is 2. The van der Waals surface area contributed by atoms with Gasteiger partial charge in [0.2, 0.25) is 5.91 Å². The zero-order valence-electron chi connectivity index (χ0n) is 13.8. The van der Waals surface area contributed by atoms with Crippen LogP contribution in [0.25, 0.3) is 0 Å². The van der Waals surface area contributed by atoms with Gasteiger partial charge in [0.25, 0.3) is 0 Å². The average Bonchev–Trinajstić information content (AvgIpc) is 3.02. The van der Waals surface area contributed by atoms with Gasteiger partial charge in [-0.2, -0.15) is 0 Å². The Bertz CT molecular complexity index is 693. The van der Waals surface area contributed by atoms with Gasteiger partial charge in [-0.15, -0.1) is 11.8 Å². The molecule has 0 bridgehead atoms. The molecule has 0 aliphatic heterocycles. The van der Waals surface area contributed by atoms with Crippen LogP contribution in [0.3, 0.4) is 0 Å². The maximum atomic E-state index is 12.2. The van der Waals surface area contributed by atoms with Crippen LogP contribution in [-0.4, -0.2) is 11.7 Å². The Hall–Kier alpha value is -1.74. The molecule has 0 saturated carbocycles. The summed E-state index contributed by atoms with van der Waals surface area (Å²) in [4.78, 5) is 13.3. The van der Waals surface area contributed by atoms with Gasteiger partial charge in [0.05, 0.1) is 11.8 Å². The van der Waals surface area contributed by atoms with Crippen molar-refractivity contribution in [1.29, 1.82) is 0 Å². The second-order valence-electron chi connectivity index (χ2n) is 6.27. The summed E-state index contributed by atoms with van der Waals surface area (Å²) in [5, 5.41) is 3.11. The summed E-state index contributed by atoms with van der Waals surface area (Å²) < 4.78 is 0. The van der Waals surface area contributed by atoms with Crippen LogP contribution in [0.4, 0.5) is 0 Å². The molecule has 120 valence electrons. The molecular weight excluding hydrogens is 302 g/mol. The standard InChI is InChI=1S/C20H23NOS/c1-14-6-10-19(11-7-14)23-13-20(22)21-15(2)17-9-8-16-4-3-5-18(16)12-17/h6-12,15H,3-5,13H2,1-2H3,(H,21,22)/t15-/m1/s1. The first-order chi connectivity index (χ1) is 11.1. The average molecular weight is 325 g/mol. The molecule has 0 aromatic heterocycles. The smallest absolute Gasteiger partial charge is 0.230 e. The van der Waals surface area contributed by atoms with Gasteiger partial charge in [-0.05, 0) is 61.9 Å². The van der Waals surface area contributed by atoms with Crippen LogP contribution in [0.15, 0.2) is 47.4 Å². The lowest BCUT2D eigenvalue weighted by Crippen LogP contribution is -2.28. The highest BCUT2D eigenvalue weighted by Crippen LogP contribution is 2.25. The number of nitrogens with one attached hydrogen (secondary N) is 1. The Morgan fingerprint density at radius 2 is 1.87 bits per heavy atom. The number of rotatable bonds is 5. The number of aryl methyl sites for hydroxylation is 3. The number of thioether (sulfide) groups is 1. The third-order valence-electron chi connectivity index (χ3n) is 4.39. The van der Waals surface area contributed by atoms with Crippen LogP contribution >= 0.6 is 11.8 Å². The maximum Gasteiger partial charge on any atom is 0.230 e. The molecule has 3 rings (SSSR count). The lowest BCUT2D eigenvalue weighted by atomic mass is 10.0. The van der Waals surface area contributed by atoms with Crippen molar-refractivity contribution in [3.8, 4) is 0 Å². The summed E-state index contributed by atoms with van der Waals surface area (Å²) in [6.07, 6.45) is 3.63. The van der Waals surface area contributed by atoms with Crippen LogP contribution in [0.5, 0.6) is 0 Å². The van der Waals surface area contributed by atoms with E-state index in [0.717, 1.165) is 4.90 Å². The van der Waals surface area contributed by atoms with E-state index >= 15 is 0 Å². The Morgan fingerprint density at radius 3 is 2.65 bits per heavy atom. The fourth-order valence-electron chi connectivity index (χ4n) is 3.01. The molecule has 1 aliphatic rings. The number of carbonyl (C=O) groups excluding carboxylic acids is 1. The molecule has 0 fully saturated rings. The molecule has 1 amide bonds. The minimum Gasteiger partial charge on any atom is -0.349 e. The highest BCUT2D eigenvalue weighted by molar-refractivity contribution is 8.00. The van der Waals surface area contributed by atoms with Crippen LogP contribution < -0.4 is 5.32 Å². The maximum absolute atomic E-state index is 12.2. The second kappa shape index (κ2) is 7.22. The molecule has 1 aliphatic carbocycles. The Kier molecular flexibility index (Phi) is 5.06. The highest BCUT2D eigenvalue weighted by Gasteiger charge is 2.15. The van der Waals surface area contributed by atoms with Gasteiger partial charge >= 0.3 is 0 Å². The van der Waals surface area contributed by atoms with E-state index < -0.39 is 0 Å². The molecule has 2 nitrogen and oxygen atoms in total. The molecule has 0 spiro atoms. The first kappa shape index (κ1) is 16.1. The molecule has 1 atom stereocenters. The minimum absolute atomic E-state index is 0.0621. The molecular formula is C20H23NOS. The van der Waals surface area contributed by atoms with Crippen molar-refractivity contribution in [2.45, 2.75) is 44.0 Å². The summed E-state index contributed by atoms with van der Waals surface area (Å²) in [7, 11) is 0. The summed E-state index contributed by atoms with van der Waals surface area (Å²) in [6, 6.07) is 15.0. The van der Waals surface area contributed by atoms with Gasteiger partial charge in [-0.1, -0.05) is 35.9 Å². The van der Waals surface area contributed by atoms with E-state index in [1.165, 1.54) is 41.5 Å². The molecule has 0 unspecified atom stereocenters. The lowest BCUT2D eigenvalue weighted by molar-refractivity contribution is -0.119.